The minimum atomic E-state index is -0.767. The summed E-state index contributed by atoms with van der Waals surface area (Å²) in [6.45, 7) is 6.61. The molecule has 0 spiro atoms. The molecule has 0 saturated heterocycles. The summed E-state index contributed by atoms with van der Waals surface area (Å²) in [5, 5.41) is 5.13. The molecule has 0 aromatic rings. The average Bonchev–Trinajstić information content (AvgIpc) is 2.50. The fraction of sp³-hybridized carbons (Fsp3) is 0.733. The number of carbonyl (C=O) groups excluding carboxylic acids is 4. The number of rotatable bonds is 9. The lowest BCUT2D eigenvalue weighted by molar-refractivity contribution is -0.145. The van der Waals surface area contributed by atoms with Gasteiger partial charge in [0, 0.05) is 18.8 Å². The third-order valence-electron chi connectivity index (χ3n) is 3.32. The molecule has 0 aromatic carbocycles. The molecular weight excluding hydrogens is 288 g/mol. The molecule has 0 aliphatic carbocycles. The molecule has 126 valence electrons. The Labute approximate surface area is 131 Å². The first-order valence-electron chi connectivity index (χ1n) is 7.46. The summed E-state index contributed by atoms with van der Waals surface area (Å²) in [5.74, 6) is -1.93. The number of amides is 2. The van der Waals surface area contributed by atoms with Gasteiger partial charge >= 0.3 is 5.97 Å². The Bertz CT molecular complexity index is 422. The summed E-state index contributed by atoms with van der Waals surface area (Å²) in [4.78, 5) is 46.7. The molecule has 0 aliphatic heterocycles. The van der Waals surface area contributed by atoms with Gasteiger partial charge < -0.3 is 15.4 Å². The number of carbonyl (C=O) groups is 4. The van der Waals surface area contributed by atoms with Crippen LogP contribution in [0.2, 0.25) is 0 Å². The van der Waals surface area contributed by atoms with E-state index >= 15 is 0 Å². The molecule has 0 fully saturated rings. The molecule has 3 atom stereocenters. The molecule has 0 unspecified atom stereocenters. The highest BCUT2D eigenvalue weighted by molar-refractivity contribution is 5.93. The van der Waals surface area contributed by atoms with Crippen LogP contribution in [0.4, 0.5) is 0 Å². The molecule has 0 bridgehead atoms. The van der Waals surface area contributed by atoms with Crippen LogP contribution in [0.3, 0.4) is 0 Å². The van der Waals surface area contributed by atoms with E-state index in [4.69, 9.17) is 0 Å². The second kappa shape index (κ2) is 9.92. The van der Waals surface area contributed by atoms with Gasteiger partial charge in [-0.05, 0) is 13.3 Å². The van der Waals surface area contributed by atoms with Crippen molar-refractivity contribution in [1.82, 2.24) is 10.6 Å². The molecule has 2 amide bonds. The predicted octanol–water partition coefficient (Wildman–Crippen LogP) is 0.564. The zero-order valence-corrected chi connectivity index (χ0v) is 13.9. The topological polar surface area (TPSA) is 102 Å². The van der Waals surface area contributed by atoms with Crippen molar-refractivity contribution in [1.29, 1.82) is 0 Å². The van der Waals surface area contributed by atoms with Crippen molar-refractivity contribution in [2.75, 3.05) is 7.11 Å². The average molecular weight is 314 g/mol. The van der Waals surface area contributed by atoms with Gasteiger partial charge in [-0.15, -0.1) is 0 Å². The van der Waals surface area contributed by atoms with Gasteiger partial charge in [0.2, 0.25) is 11.8 Å². The zero-order valence-electron chi connectivity index (χ0n) is 13.9. The Hall–Kier alpha value is -1.92. The summed E-state index contributed by atoms with van der Waals surface area (Å²) >= 11 is 0. The van der Waals surface area contributed by atoms with Crippen LogP contribution < -0.4 is 10.6 Å². The number of nitrogens with one attached hydrogen (secondary N) is 2. The minimum Gasteiger partial charge on any atom is -0.467 e. The molecule has 0 saturated carbocycles. The third kappa shape index (κ3) is 6.69. The van der Waals surface area contributed by atoms with Gasteiger partial charge in [0.05, 0.1) is 13.2 Å². The number of hydrogen-bond donors (Lipinski definition) is 2. The first-order chi connectivity index (χ1) is 10.3. The molecule has 0 aromatic heterocycles. The van der Waals surface area contributed by atoms with Gasteiger partial charge in [0.25, 0.3) is 0 Å². The van der Waals surface area contributed by atoms with E-state index in [0.717, 1.165) is 0 Å². The van der Waals surface area contributed by atoms with Crippen LogP contribution in [0.5, 0.6) is 0 Å². The first-order valence-corrected chi connectivity index (χ1v) is 7.46. The summed E-state index contributed by atoms with van der Waals surface area (Å²) < 4.78 is 4.52. The van der Waals surface area contributed by atoms with Crippen LogP contribution in [-0.4, -0.2) is 42.8 Å². The van der Waals surface area contributed by atoms with E-state index in [0.29, 0.717) is 12.8 Å². The zero-order chi connectivity index (χ0) is 17.3. The van der Waals surface area contributed by atoms with Crippen LogP contribution in [-0.2, 0) is 23.9 Å². The van der Waals surface area contributed by atoms with E-state index in [2.05, 4.69) is 15.4 Å². The molecule has 0 heterocycles. The van der Waals surface area contributed by atoms with Crippen molar-refractivity contribution in [2.45, 2.75) is 59.0 Å². The van der Waals surface area contributed by atoms with E-state index in [-0.39, 0.29) is 18.1 Å². The van der Waals surface area contributed by atoms with Crippen molar-refractivity contribution in [3.63, 3.8) is 0 Å². The summed E-state index contributed by atoms with van der Waals surface area (Å²) in [6, 6.07) is -1.35. The summed E-state index contributed by atoms with van der Waals surface area (Å²) in [7, 11) is 1.24. The van der Waals surface area contributed by atoms with Crippen molar-refractivity contribution in [3.05, 3.63) is 0 Å². The lowest BCUT2D eigenvalue weighted by Crippen LogP contribution is -2.44. The maximum absolute atomic E-state index is 12.1. The highest BCUT2D eigenvalue weighted by Crippen LogP contribution is 2.08. The maximum Gasteiger partial charge on any atom is 0.328 e. The van der Waals surface area contributed by atoms with Crippen LogP contribution >= 0.6 is 0 Å². The number of hydrogen-bond acceptors (Lipinski definition) is 5. The van der Waals surface area contributed by atoms with Gasteiger partial charge in [-0.25, -0.2) is 4.79 Å². The Balaban J connectivity index is 4.52. The third-order valence-corrected chi connectivity index (χ3v) is 3.32. The standard InChI is InChI=1S/C15H26N2O5/c1-6-11(17-13(19)7-2)12(18)8-9(3)14(20)16-10(4)15(21)22-5/h9-11H,6-8H2,1-5H3,(H,16,20)(H,17,19)/t9-,10+,11+/m0/s1. The molecular formula is C15H26N2O5. The highest BCUT2D eigenvalue weighted by Gasteiger charge is 2.25. The van der Waals surface area contributed by atoms with Crippen LogP contribution in [0.1, 0.15) is 47.0 Å². The van der Waals surface area contributed by atoms with Crippen molar-refractivity contribution >= 4 is 23.6 Å². The lowest BCUT2D eigenvalue weighted by atomic mass is 9.97. The Kier molecular flexibility index (Phi) is 9.05. The highest BCUT2D eigenvalue weighted by atomic mass is 16.5. The molecule has 0 rings (SSSR count). The number of ketones is 1. The SMILES string of the molecule is CCC(=O)N[C@H](CC)C(=O)C[C@H](C)C(=O)N[C@H](C)C(=O)OC. The van der Waals surface area contributed by atoms with E-state index in [9.17, 15) is 19.2 Å². The second-order valence-corrected chi connectivity index (χ2v) is 5.21. The monoisotopic (exact) mass is 314 g/mol. The summed E-state index contributed by atoms with van der Waals surface area (Å²) in [6.07, 6.45) is 0.774. The molecule has 2 N–H and O–H groups in total. The van der Waals surface area contributed by atoms with Gasteiger partial charge in [0.15, 0.2) is 5.78 Å². The molecule has 7 heteroatoms. The fourth-order valence-corrected chi connectivity index (χ4v) is 1.83. The van der Waals surface area contributed by atoms with Crippen molar-refractivity contribution in [2.24, 2.45) is 5.92 Å². The molecule has 0 radical (unpaired) electrons. The van der Waals surface area contributed by atoms with E-state index in [1.54, 1.807) is 20.8 Å². The summed E-state index contributed by atoms with van der Waals surface area (Å²) in [5.41, 5.74) is 0. The van der Waals surface area contributed by atoms with Gasteiger partial charge in [0.1, 0.15) is 6.04 Å². The van der Waals surface area contributed by atoms with Crippen LogP contribution in [0, 0.1) is 5.92 Å². The lowest BCUT2D eigenvalue weighted by Gasteiger charge is -2.19. The number of ether oxygens (including phenoxy) is 1. The van der Waals surface area contributed by atoms with Crippen molar-refractivity contribution in [3.8, 4) is 0 Å². The van der Waals surface area contributed by atoms with Crippen LogP contribution in [0.15, 0.2) is 0 Å². The number of esters is 1. The van der Waals surface area contributed by atoms with Crippen LogP contribution in [0.25, 0.3) is 0 Å². The van der Waals surface area contributed by atoms with E-state index in [1.165, 1.54) is 14.0 Å². The quantitative estimate of drug-likeness (QED) is 0.606. The Morgan fingerprint density at radius 3 is 2.09 bits per heavy atom. The van der Waals surface area contributed by atoms with Crippen molar-refractivity contribution < 1.29 is 23.9 Å². The fourth-order valence-electron chi connectivity index (χ4n) is 1.83. The van der Waals surface area contributed by atoms with E-state index in [1.807, 2.05) is 0 Å². The number of Topliss-reactive ketones (excluding diaryl/α,β-unsaturated/α-hetero) is 1. The molecule has 7 nitrogen and oxygen atoms in total. The molecule has 22 heavy (non-hydrogen) atoms. The smallest absolute Gasteiger partial charge is 0.328 e. The maximum atomic E-state index is 12.1. The normalized spacial score (nSPS) is 14.4. The van der Waals surface area contributed by atoms with Gasteiger partial charge in [-0.2, -0.15) is 0 Å². The van der Waals surface area contributed by atoms with Gasteiger partial charge in [-0.1, -0.05) is 20.8 Å². The first kappa shape index (κ1) is 20.1. The number of methoxy groups -OCH3 is 1. The molecule has 0 aliphatic rings. The van der Waals surface area contributed by atoms with Gasteiger partial charge in [-0.3, -0.25) is 14.4 Å². The largest absolute Gasteiger partial charge is 0.467 e. The van der Waals surface area contributed by atoms with E-state index < -0.39 is 29.9 Å². The Morgan fingerprint density at radius 2 is 1.64 bits per heavy atom. The predicted molar refractivity (Wildman–Crippen MR) is 80.9 cm³/mol. The second-order valence-electron chi connectivity index (χ2n) is 5.21. The Morgan fingerprint density at radius 1 is 1.05 bits per heavy atom. The minimum absolute atomic E-state index is 0.00221.